The number of hydrogen-bond donors (Lipinski definition) is 1. The molecule has 5 nitrogen and oxygen atoms in total. The van der Waals surface area contributed by atoms with Gasteiger partial charge in [0.1, 0.15) is 18.2 Å². The standard InChI is InChI=1S/C24H24FN3O2/c25-22-6-3-7-23(28-13-1-2-14-28)21(22)16-27-24(29)19-8-10-20(11-9-19)30-17-18-5-4-12-26-15-18/h3-12,15H,1-2,13-14,16-17H2,(H,27,29). The molecule has 0 aliphatic carbocycles. The van der Waals surface area contributed by atoms with Crippen LogP contribution in [0.1, 0.15) is 34.3 Å². The van der Waals surface area contributed by atoms with Gasteiger partial charge >= 0.3 is 0 Å². The van der Waals surface area contributed by atoms with Crippen molar-refractivity contribution in [2.75, 3.05) is 18.0 Å². The zero-order chi connectivity index (χ0) is 20.8. The van der Waals surface area contributed by atoms with E-state index >= 15 is 0 Å². The maximum Gasteiger partial charge on any atom is 0.251 e. The Bertz CT molecular complexity index is 987. The van der Waals surface area contributed by atoms with Gasteiger partial charge in [-0.1, -0.05) is 12.1 Å². The highest BCUT2D eigenvalue weighted by molar-refractivity contribution is 5.94. The Labute approximate surface area is 175 Å². The molecule has 1 aromatic heterocycles. The van der Waals surface area contributed by atoms with Gasteiger partial charge in [0.2, 0.25) is 0 Å². The Kier molecular flexibility index (Phi) is 6.23. The van der Waals surface area contributed by atoms with Crippen molar-refractivity contribution in [1.82, 2.24) is 10.3 Å². The van der Waals surface area contributed by atoms with Crippen molar-refractivity contribution in [2.24, 2.45) is 0 Å². The molecule has 2 heterocycles. The third-order valence-electron chi connectivity index (χ3n) is 5.21. The lowest BCUT2D eigenvalue weighted by Gasteiger charge is -2.22. The van der Waals surface area contributed by atoms with Crippen LogP contribution in [0.5, 0.6) is 5.75 Å². The van der Waals surface area contributed by atoms with Gasteiger partial charge in [-0.15, -0.1) is 0 Å². The SMILES string of the molecule is O=C(NCc1c(F)cccc1N1CCCC1)c1ccc(OCc2cccnc2)cc1. The molecule has 1 N–H and O–H groups in total. The summed E-state index contributed by atoms with van der Waals surface area (Å²) in [4.78, 5) is 18.8. The van der Waals surface area contributed by atoms with E-state index in [2.05, 4.69) is 15.2 Å². The first-order chi connectivity index (χ1) is 14.7. The predicted octanol–water partition coefficient (Wildman–Crippen LogP) is 4.33. The fourth-order valence-corrected chi connectivity index (χ4v) is 3.60. The summed E-state index contributed by atoms with van der Waals surface area (Å²) in [7, 11) is 0. The second-order valence-electron chi connectivity index (χ2n) is 7.29. The fraction of sp³-hybridized carbons (Fsp3) is 0.250. The minimum atomic E-state index is -0.293. The van der Waals surface area contributed by atoms with Gasteiger partial charge in [0.25, 0.3) is 5.91 Å². The molecule has 0 radical (unpaired) electrons. The maximum absolute atomic E-state index is 14.4. The van der Waals surface area contributed by atoms with E-state index in [1.165, 1.54) is 6.07 Å². The number of carbonyl (C=O) groups excluding carboxylic acids is 1. The Balaban J connectivity index is 1.36. The molecule has 2 aromatic carbocycles. The van der Waals surface area contributed by atoms with Crippen LogP contribution in [0.3, 0.4) is 0 Å². The van der Waals surface area contributed by atoms with Crippen LogP contribution in [-0.4, -0.2) is 24.0 Å². The van der Waals surface area contributed by atoms with Crippen LogP contribution in [-0.2, 0) is 13.2 Å². The number of nitrogens with one attached hydrogen (secondary N) is 1. The molecular weight excluding hydrogens is 381 g/mol. The number of halogens is 1. The molecule has 154 valence electrons. The van der Waals surface area contributed by atoms with Crippen LogP contribution in [0.15, 0.2) is 67.0 Å². The number of nitrogens with zero attached hydrogens (tertiary/aromatic N) is 2. The van der Waals surface area contributed by atoms with E-state index < -0.39 is 0 Å². The first kappa shape index (κ1) is 19.9. The lowest BCUT2D eigenvalue weighted by atomic mass is 10.1. The highest BCUT2D eigenvalue weighted by atomic mass is 19.1. The highest BCUT2D eigenvalue weighted by Gasteiger charge is 2.18. The lowest BCUT2D eigenvalue weighted by molar-refractivity contribution is 0.0950. The summed E-state index contributed by atoms with van der Waals surface area (Å²) < 4.78 is 20.2. The van der Waals surface area contributed by atoms with Gasteiger partial charge in [-0.2, -0.15) is 0 Å². The first-order valence-corrected chi connectivity index (χ1v) is 10.1. The van der Waals surface area contributed by atoms with Crippen molar-refractivity contribution < 1.29 is 13.9 Å². The number of pyridine rings is 1. The second-order valence-corrected chi connectivity index (χ2v) is 7.29. The molecule has 1 saturated heterocycles. The van der Waals surface area contributed by atoms with E-state index in [1.807, 2.05) is 18.2 Å². The minimum Gasteiger partial charge on any atom is -0.489 e. The Morgan fingerprint density at radius 1 is 1.07 bits per heavy atom. The zero-order valence-electron chi connectivity index (χ0n) is 16.7. The van der Waals surface area contributed by atoms with Gasteiger partial charge in [0, 0.05) is 54.4 Å². The molecule has 1 amide bonds. The molecule has 0 bridgehead atoms. The molecule has 1 fully saturated rings. The third kappa shape index (κ3) is 4.76. The molecule has 6 heteroatoms. The van der Waals surface area contributed by atoms with Gasteiger partial charge in [-0.3, -0.25) is 9.78 Å². The summed E-state index contributed by atoms with van der Waals surface area (Å²) >= 11 is 0. The first-order valence-electron chi connectivity index (χ1n) is 10.1. The topological polar surface area (TPSA) is 54.5 Å². The van der Waals surface area contributed by atoms with E-state index in [4.69, 9.17) is 4.74 Å². The number of rotatable bonds is 7. The molecule has 0 unspecified atom stereocenters. The Morgan fingerprint density at radius 2 is 1.87 bits per heavy atom. The van der Waals surface area contributed by atoms with Crippen molar-refractivity contribution in [3.05, 3.63) is 89.5 Å². The van der Waals surface area contributed by atoms with Crippen molar-refractivity contribution in [2.45, 2.75) is 26.0 Å². The maximum atomic E-state index is 14.4. The number of benzene rings is 2. The third-order valence-corrected chi connectivity index (χ3v) is 5.21. The van der Waals surface area contributed by atoms with Crippen molar-refractivity contribution in [3.8, 4) is 5.75 Å². The summed E-state index contributed by atoms with van der Waals surface area (Å²) in [5, 5.41) is 2.84. The van der Waals surface area contributed by atoms with E-state index in [1.54, 1.807) is 42.7 Å². The van der Waals surface area contributed by atoms with Crippen LogP contribution in [0.2, 0.25) is 0 Å². The summed E-state index contributed by atoms with van der Waals surface area (Å²) in [6, 6.07) is 15.8. The largest absolute Gasteiger partial charge is 0.489 e. The molecular formula is C24H24FN3O2. The van der Waals surface area contributed by atoms with Gasteiger partial charge in [0.15, 0.2) is 0 Å². The molecule has 4 rings (SSSR count). The van der Waals surface area contributed by atoms with E-state index in [9.17, 15) is 9.18 Å². The normalized spacial score (nSPS) is 13.3. The van der Waals surface area contributed by atoms with Crippen molar-refractivity contribution in [1.29, 1.82) is 0 Å². The molecule has 1 aliphatic rings. The minimum absolute atomic E-state index is 0.149. The quantitative estimate of drug-likeness (QED) is 0.636. The highest BCUT2D eigenvalue weighted by Crippen LogP contribution is 2.26. The smallest absolute Gasteiger partial charge is 0.251 e. The molecule has 3 aromatic rings. The fourth-order valence-electron chi connectivity index (χ4n) is 3.60. The van der Waals surface area contributed by atoms with E-state index in [0.29, 0.717) is 23.5 Å². The molecule has 0 spiro atoms. The summed E-state index contributed by atoms with van der Waals surface area (Å²) in [6.45, 7) is 2.40. The second kappa shape index (κ2) is 9.39. The zero-order valence-corrected chi connectivity index (χ0v) is 16.7. The lowest BCUT2D eigenvalue weighted by Crippen LogP contribution is -2.26. The molecule has 0 saturated carbocycles. The molecule has 0 atom stereocenters. The Hall–Kier alpha value is -3.41. The number of amides is 1. The van der Waals surface area contributed by atoms with Gasteiger partial charge in [-0.25, -0.2) is 4.39 Å². The van der Waals surface area contributed by atoms with Crippen molar-refractivity contribution in [3.63, 3.8) is 0 Å². The van der Waals surface area contributed by atoms with Gasteiger partial charge in [-0.05, 0) is 55.3 Å². The predicted molar refractivity (Wildman–Crippen MR) is 114 cm³/mol. The van der Waals surface area contributed by atoms with Crippen LogP contribution in [0.4, 0.5) is 10.1 Å². The number of anilines is 1. The van der Waals surface area contributed by atoms with Gasteiger partial charge < -0.3 is 15.0 Å². The van der Waals surface area contributed by atoms with E-state index in [0.717, 1.165) is 37.2 Å². The average Bonchev–Trinajstić information content (AvgIpc) is 3.32. The average molecular weight is 405 g/mol. The summed E-state index contributed by atoms with van der Waals surface area (Å²) in [5.74, 6) is 0.129. The molecule has 30 heavy (non-hydrogen) atoms. The van der Waals surface area contributed by atoms with Crippen LogP contribution < -0.4 is 15.0 Å². The van der Waals surface area contributed by atoms with Crippen molar-refractivity contribution >= 4 is 11.6 Å². The Morgan fingerprint density at radius 3 is 2.60 bits per heavy atom. The summed E-state index contributed by atoms with van der Waals surface area (Å²) in [5.41, 5.74) is 2.87. The van der Waals surface area contributed by atoms with Crippen LogP contribution >= 0.6 is 0 Å². The summed E-state index contributed by atoms with van der Waals surface area (Å²) in [6.07, 6.45) is 5.68. The van der Waals surface area contributed by atoms with Crippen LogP contribution in [0, 0.1) is 5.82 Å². The monoisotopic (exact) mass is 405 g/mol. The number of aromatic nitrogens is 1. The van der Waals surface area contributed by atoms with E-state index in [-0.39, 0.29) is 18.3 Å². The molecule has 1 aliphatic heterocycles. The number of carbonyl (C=O) groups is 1. The number of hydrogen-bond acceptors (Lipinski definition) is 4. The van der Waals surface area contributed by atoms with Gasteiger partial charge in [0.05, 0.1) is 0 Å². The van der Waals surface area contributed by atoms with Crippen LogP contribution in [0.25, 0.3) is 0 Å². The number of ether oxygens (including phenoxy) is 1.